The largest absolute Gasteiger partial charge is 0.504 e. The third kappa shape index (κ3) is 4.85. The van der Waals surface area contributed by atoms with Crippen molar-refractivity contribution in [2.45, 2.75) is 0 Å². The zero-order valence-electron chi connectivity index (χ0n) is 18.5. The summed E-state index contributed by atoms with van der Waals surface area (Å²) in [6, 6.07) is 20.0. The van der Waals surface area contributed by atoms with Gasteiger partial charge in [-0.15, -0.1) is 0 Å². The van der Waals surface area contributed by atoms with Crippen LogP contribution in [0.5, 0.6) is 23.0 Å². The predicted octanol–water partition coefficient (Wildman–Crippen LogP) is 4.67. The van der Waals surface area contributed by atoms with Gasteiger partial charge in [-0.25, -0.2) is 0 Å². The number of nitrogens with zero attached hydrogens (tertiary/aromatic N) is 1. The second kappa shape index (κ2) is 9.53. The number of aromatic hydroxyl groups is 2. The lowest BCUT2D eigenvalue weighted by Gasteiger charge is -2.31. The summed E-state index contributed by atoms with van der Waals surface area (Å²) in [6.07, 6.45) is 3.58. The minimum Gasteiger partial charge on any atom is -0.504 e. The first-order valence-electron chi connectivity index (χ1n) is 10.5. The molecule has 0 bridgehead atoms. The number of ether oxygens (including phenoxy) is 2. The second-order valence-corrected chi connectivity index (χ2v) is 7.72. The third-order valence-electron chi connectivity index (χ3n) is 5.51. The van der Waals surface area contributed by atoms with Crippen molar-refractivity contribution in [2.75, 3.05) is 32.2 Å². The van der Waals surface area contributed by atoms with Crippen molar-refractivity contribution in [3.05, 3.63) is 89.0 Å². The maximum absolute atomic E-state index is 13.4. The molecule has 3 aromatic rings. The number of phenolic OH excluding ortho intramolecular Hbond substituents is 2. The lowest BCUT2D eigenvalue weighted by atomic mass is 9.93. The molecule has 33 heavy (non-hydrogen) atoms. The van der Waals surface area contributed by atoms with Crippen molar-refractivity contribution in [3.8, 4) is 23.0 Å². The van der Waals surface area contributed by atoms with Crippen molar-refractivity contribution in [2.24, 2.45) is 0 Å². The van der Waals surface area contributed by atoms with Gasteiger partial charge < -0.3 is 24.6 Å². The molecule has 1 aliphatic heterocycles. The highest BCUT2D eigenvalue weighted by atomic mass is 16.5. The number of phenols is 2. The Morgan fingerprint density at radius 2 is 1.24 bits per heavy atom. The van der Waals surface area contributed by atoms with E-state index in [1.807, 2.05) is 30.3 Å². The van der Waals surface area contributed by atoms with Gasteiger partial charge in [-0.3, -0.25) is 4.79 Å². The van der Waals surface area contributed by atoms with Crippen molar-refractivity contribution < 1.29 is 24.5 Å². The normalized spacial score (nSPS) is 16.3. The van der Waals surface area contributed by atoms with Gasteiger partial charge in [-0.05, 0) is 59.7 Å². The summed E-state index contributed by atoms with van der Waals surface area (Å²) < 4.78 is 10.2. The van der Waals surface area contributed by atoms with Gasteiger partial charge in [0.25, 0.3) is 0 Å². The highest BCUT2D eigenvalue weighted by Crippen LogP contribution is 2.31. The van der Waals surface area contributed by atoms with Crippen molar-refractivity contribution in [1.29, 1.82) is 0 Å². The van der Waals surface area contributed by atoms with E-state index in [-0.39, 0.29) is 17.3 Å². The average molecular weight is 443 g/mol. The van der Waals surface area contributed by atoms with Crippen LogP contribution >= 0.6 is 0 Å². The molecule has 6 nitrogen and oxygen atoms in total. The summed E-state index contributed by atoms with van der Waals surface area (Å²) in [4.78, 5) is 15.5. The van der Waals surface area contributed by atoms with Crippen LogP contribution in [0.1, 0.15) is 11.1 Å². The Bertz CT molecular complexity index is 1160. The number of carbonyl (C=O) groups is 1. The van der Waals surface area contributed by atoms with Gasteiger partial charge in [-0.2, -0.15) is 0 Å². The van der Waals surface area contributed by atoms with Gasteiger partial charge in [0.1, 0.15) is 0 Å². The Labute approximate surface area is 192 Å². The summed E-state index contributed by atoms with van der Waals surface area (Å²) in [6.45, 7) is 0.863. The number of rotatable bonds is 5. The molecule has 1 heterocycles. The summed E-state index contributed by atoms with van der Waals surface area (Å²) in [5, 5.41) is 20.3. The summed E-state index contributed by atoms with van der Waals surface area (Å²) in [7, 11) is 2.98. The molecule has 0 unspecified atom stereocenters. The first-order valence-corrected chi connectivity index (χ1v) is 10.5. The lowest BCUT2D eigenvalue weighted by Crippen LogP contribution is -2.37. The summed E-state index contributed by atoms with van der Waals surface area (Å²) >= 11 is 0. The first-order chi connectivity index (χ1) is 16.0. The molecule has 0 aromatic heterocycles. The van der Waals surface area contributed by atoms with E-state index >= 15 is 0 Å². The van der Waals surface area contributed by atoms with E-state index in [1.165, 1.54) is 14.2 Å². The molecule has 168 valence electrons. The van der Waals surface area contributed by atoms with E-state index in [0.29, 0.717) is 46.9 Å². The van der Waals surface area contributed by atoms with Crippen LogP contribution in [0.3, 0.4) is 0 Å². The van der Waals surface area contributed by atoms with Crippen LogP contribution in [-0.2, 0) is 4.79 Å². The molecule has 0 amide bonds. The number of anilines is 1. The summed E-state index contributed by atoms with van der Waals surface area (Å²) in [5.74, 6) is 0.697. The molecule has 0 saturated carbocycles. The number of para-hydroxylation sites is 1. The molecule has 0 aliphatic carbocycles. The van der Waals surface area contributed by atoms with Gasteiger partial charge in [0.15, 0.2) is 28.8 Å². The highest BCUT2D eigenvalue weighted by molar-refractivity contribution is 6.15. The van der Waals surface area contributed by atoms with Crippen LogP contribution in [0.4, 0.5) is 5.69 Å². The van der Waals surface area contributed by atoms with Crippen molar-refractivity contribution in [1.82, 2.24) is 0 Å². The fourth-order valence-electron chi connectivity index (χ4n) is 3.86. The van der Waals surface area contributed by atoms with Crippen LogP contribution in [0.2, 0.25) is 0 Å². The maximum Gasteiger partial charge on any atom is 0.188 e. The van der Waals surface area contributed by atoms with Gasteiger partial charge in [0, 0.05) is 29.9 Å². The smallest absolute Gasteiger partial charge is 0.188 e. The Hall–Kier alpha value is -4.19. The fourth-order valence-corrected chi connectivity index (χ4v) is 3.86. The SMILES string of the molecule is COc1ccc(/C=C2/CN(c3ccccc3)C/C(=C\c3ccc(OC)c(O)c3)C2=O)cc1O. The minimum atomic E-state index is -0.0761. The Morgan fingerprint density at radius 1 is 0.758 bits per heavy atom. The second-order valence-electron chi connectivity index (χ2n) is 7.72. The molecule has 0 spiro atoms. The van der Waals surface area contributed by atoms with Crippen LogP contribution in [0.25, 0.3) is 12.2 Å². The Kier molecular flexibility index (Phi) is 6.36. The molecule has 6 heteroatoms. The number of carbonyl (C=O) groups excluding carboxylic acids is 1. The fraction of sp³-hybridized carbons (Fsp3) is 0.148. The average Bonchev–Trinajstić information content (AvgIpc) is 2.82. The zero-order chi connectivity index (χ0) is 23.4. The van der Waals surface area contributed by atoms with Gasteiger partial charge in [-0.1, -0.05) is 30.3 Å². The summed E-state index contributed by atoms with van der Waals surface area (Å²) in [5.41, 5.74) is 3.59. The molecule has 1 aliphatic rings. The quantitative estimate of drug-likeness (QED) is 0.558. The van der Waals surface area contributed by atoms with E-state index in [9.17, 15) is 15.0 Å². The lowest BCUT2D eigenvalue weighted by molar-refractivity contribution is -0.112. The molecular formula is C27H25NO5. The molecule has 4 rings (SSSR count). The Morgan fingerprint density at radius 3 is 1.67 bits per heavy atom. The van der Waals surface area contributed by atoms with Gasteiger partial charge in [0.2, 0.25) is 0 Å². The number of benzene rings is 3. The van der Waals surface area contributed by atoms with E-state index in [4.69, 9.17) is 9.47 Å². The molecule has 1 fully saturated rings. The van der Waals surface area contributed by atoms with Gasteiger partial charge >= 0.3 is 0 Å². The van der Waals surface area contributed by atoms with Crippen LogP contribution in [0, 0.1) is 0 Å². The van der Waals surface area contributed by atoms with Crippen molar-refractivity contribution in [3.63, 3.8) is 0 Å². The molecule has 2 N–H and O–H groups in total. The number of methoxy groups -OCH3 is 2. The number of hydrogen-bond donors (Lipinski definition) is 2. The van der Waals surface area contributed by atoms with Crippen LogP contribution in [0.15, 0.2) is 77.9 Å². The molecule has 0 radical (unpaired) electrons. The monoisotopic (exact) mass is 443 g/mol. The number of piperidine rings is 1. The predicted molar refractivity (Wildman–Crippen MR) is 129 cm³/mol. The minimum absolute atomic E-state index is 0.0134. The highest BCUT2D eigenvalue weighted by Gasteiger charge is 2.26. The van der Waals surface area contributed by atoms with E-state index in [1.54, 1.807) is 48.6 Å². The molecule has 0 atom stereocenters. The zero-order valence-corrected chi connectivity index (χ0v) is 18.5. The number of ketones is 1. The molecule has 1 saturated heterocycles. The van der Waals surface area contributed by atoms with Crippen molar-refractivity contribution >= 4 is 23.6 Å². The first kappa shape index (κ1) is 22.0. The topological polar surface area (TPSA) is 79.2 Å². The number of hydrogen-bond acceptors (Lipinski definition) is 6. The Balaban J connectivity index is 1.74. The van der Waals surface area contributed by atoms with Crippen LogP contribution < -0.4 is 14.4 Å². The van der Waals surface area contributed by atoms with E-state index in [2.05, 4.69) is 4.90 Å². The molecular weight excluding hydrogens is 418 g/mol. The van der Waals surface area contributed by atoms with Crippen LogP contribution in [-0.4, -0.2) is 43.3 Å². The van der Waals surface area contributed by atoms with E-state index in [0.717, 1.165) is 5.69 Å². The number of Topliss-reactive ketones (excluding diaryl/α,β-unsaturated/α-hetero) is 1. The van der Waals surface area contributed by atoms with E-state index < -0.39 is 0 Å². The third-order valence-corrected chi connectivity index (χ3v) is 5.51. The molecule has 3 aromatic carbocycles. The van der Waals surface area contributed by atoms with Gasteiger partial charge in [0.05, 0.1) is 14.2 Å². The standard InChI is InChI=1S/C27H25NO5/c1-32-25-10-8-18(14-23(25)29)12-20-16-28(22-6-4-3-5-7-22)17-21(27(20)31)13-19-9-11-26(33-2)24(30)15-19/h3-15,29-30H,16-17H2,1-2H3/b20-12-,21-13+. The maximum atomic E-state index is 13.4.